The first-order chi connectivity index (χ1) is 10.1. The molecule has 1 aromatic carbocycles. The molecule has 0 amide bonds. The number of nitrogens with one attached hydrogen (secondary N) is 1. The van der Waals surface area contributed by atoms with Crippen LogP contribution in [0, 0.1) is 5.92 Å². The molecule has 3 aliphatic rings. The minimum absolute atomic E-state index is 0.628. The van der Waals surface area contributed by atoms with Gasteiger partial charge < -0.3 is 16.0 Å². The lowest BCUT2D eigenvalue weighted by atomic mass is 9.75. The average Bonchev–Trinajstić information content (AvgIpc) is 2.43. The third-order valence-corrected chi connectivity index (χ3v) is 5.46. The molecular weight excluding hydrogens is 258 g/mol. The van der Waals surface area contributed by atoms with Crippen LogP contribution < -0.4 is 16.0 Å². The van der Waals surface area contributed by atoms with Gasteiger partial charge in [-0.1, -0.05) is 13.0 Å². The van der Waals surface area contributed by atoms with Crippen molar-refractivity contribution in [2.24, 2.45) is 5.92 Å². The summed E-state index contributed by atoms with van der Waals surface area (Å²) in [6, 6.07) is 6.81. The number of fused-ring (bicyclic) bond motifs is 2. The second-order valence-corrected chi connectivity index (χ2v) is 6.62. The molecule has 0 aromatic heterocycles. The summed E-state index contributed by atoms with van der Waals surface area (Å²) < 4.78 is 0. The zero-order valence-electron chi connectivity index (χ0n) is 12.7. The highest BCUT2D eigenvalue weighted by atomic mass is 15.1. The first kappa shape index (κ1) is 12.8. The molecule has 110 valence electrons. The second kappa shape index (κ2) is 4.55. The Kier molecular flexibility index (Phi) is 2.78. The fraction of sp³-hybridized carbons (Fsp3) is 0.444. The summed E-state index contributed by atoms with van der Waals surface area (Å²) in [7, 11) is 2.10. The number of benzene rings is 1. The second-order valence-electron chi connectivity index (χ2n) is 6.62. The van der Waals surface area contributed by atoms with Gasteiger partial charge in [-0.15, -0.1) is 0 Å². The number of hydrogen-bond donors (Lipinski definition) is 2. The predicted molar refractivity (Wildman–Crippen MR) is 88.8 cm³/mol. The molecule has 3 nitrogen and oxygen atoms in total. The monoisotopic (exact) mass is 281 g/mol. The Hall–Kier alpha value is -1.90. The molecule has 0 saturated heterocycles. The summed E-state index contributed by atoms with van der Waals surface area (Å²) in [5, 5.41) is 3.83. The molecule has 1 aromatic rings. The molecule has 0 radical (unpaired) electrons. The van der Waals surface area contributed by atoms with Gasteiger partial charge >= 0.3 is 0 Å². The van der Waals surface area contributed by atoms with E-state index in [4.69, 9.17) is 5.73 Å². The molecule has 1 fully saturated rings. The Morgan fingerprint density at radius 2 is 2.10 bits per heavy atom. The summed E-state index contributed by atoms with van der Waals surface area (Å²) in [6.45, 7) is 4.30. The van der Waals surface area contributed by atoms with E-state index in [2.05, 4.69) is 36.0 Å². The topological polar surface area (TPSA) is 41.3 Å². The Balaban J connectivity index is 1.78. The number of likely N-dealkylation sites (N-methyl/N-ethyl adjacent to an activating group) is 1. The quantitative estimate of drug-likeness (QED) is 0.774. The molecule has 2 heterocycles. The van der Waals surface area contributed by atoms with Crippen molar-refractivity contribution < 1.29 is 0 Å². The number of hydrogen-bond acceptors (Lipinski definition) is 3. The zero-order valence-corrected chi connectivity index (χ0v) is 12.7. The Bertz CT molecular complexity index is 640. The van der Waals surface area contributed by atoms with Crippen LogP contribution in [-0.2, 0) is 0 Å². The largest absolute Gasteiger partial charge is 0.399 e. The first-order valence-electron chi connectivity index (χ1n) is 7.97. The lowest BCUT2D eigenvalue weighted by molar-refractivity contribution is 0.231. The molecule has 4 rings (SSSR count). The van der Waals surface area contributed by atoms with Crippen LogP contribution in [0.25, 0.3) is 5.70 Å². The molecule has 2 aliphatic heterocycles. The molecule has 1 aliphatic carbocycles. The molecule has 1 saturated carbocycles. The number of rotatable bonds is 1. The van der Waals surface area contributed by atoms with Crippen LogP contribution in [0.1, 0.15) is 37.7 Å². The lowest BCUT2D eigenvalue weighted by Crippen LogP contribution is -2.43. The molecule has 1 unspecified atom stereocenters. The number of allylic oxidation sites excluding steroid dienone is 1. The van der Waals surface area contributed by atoms with E-state index in [9.17, 15) is 0 Å². The molecule has 3 N–H and O–H groups in total. The number of nitrogens with zero attached hydrogens (tertiary/aromatic N) is 1. The van der Waals surface area contributed by atoms with Crippen molar-refractivity contribution in [3.8, 4) is 0 Å². The number of nitrogens with two attached hydrogens (primary N) is 1. The van der Waals surface area contributed by atoms with Gasteiger partial charge in [-0.25, -0.2) is 0 Å². The van der Waals surface area contributed by atoms with Gasteiger partial charge in [-0.2, -0.15) is 0 Å². The normalized spacial score (nSPS) is 25.1. The van der Waals surface area contributed by atoms with Crippen molar-refractivity contribution in [2.45, 2.75) is 38.1 Å². The van der Waals surface area contributed by atoms with E-state index in [0.29, 0.717) is 6.04 Å². The fourth-order valence-corrected chi connectivity index (χ4v) is 3.89. The summed E-state index contributed by atoms with van der Waals surface area (Å²) in [6.07, 6.45) is 6.51. The minimum atomic E-state index is 0.628. The van der Waals surface area contributed by atoms with Crippen LogP contribution >= 0.6 is 0 Å². The maximum atomic E-state index is 6.02. The average molecular weight is 281 g/mol. The first-order valence-corrected chi connectivity index (χ1v) is 7.97. The van der Waals surface area contributed by atoms with Crippen molar-refractivity contribution in [1.82, 2.24) is 5.32 Å². The molecule has 21 heavy (non-hydrogen) atoms. The van der Waals surface area contributed by atoms with Gasteiger partial charge in [0.15, 0.2) is 0 Å². The Morgan fingerprint density at radius 1 is 1.29 bits per heavy atom. The number of nitrogen functional groups attached to an aromatic ring is 1. The third kappa shape index (κ3) is 1.87. The van der Waals surface area contributed by atoms with Crippen LogP contribution in [0.15, 0.2) is 36.0 Å². The maximum Gasteiger partial charge on any atom is 0.0504 e. The van der Waals surface area contributed by atoms with Crippen molar-refractivity contribution in [1.29, 1.82) is 0 Å². The fourth-order valence-electron chi connectivity index (χ4n) is 3.89. The molecule has 0 spiro atoms. The van der Waals surface area contributed by atoms with Crippen LogP contribution in [0.3, 0.4) is 0 Å². The van der Waals surface area contributed by atoms with Crippen molar-refractivity contribution >= 4 is 17.1 Å². The van der Waals surface area contributed by atoms with E-state index in [1.54, 1.807) is 0 Å². The van der Waals surface area contributed by atoms with Crippen molar-refractivity contribution in [2.75, 3.05) is 17.7 Å². The van der Waals surface area contributed by atoms with E-state index in [1.807, 2.05) is 6.07 Å². The van der Waals surface area contributed by atoms with Crippen LogP contribution in [0.5, 0.6) is 0 Å². The highest BCUT2D eigenvalue weighted by Gasteiger charge is 2.35. The van der Waals surface area contributed by atoms with Gasteiger partial charge in [-0.05, 0) is 55.4 Å². The number of anilines is 2. The molecule has 1 atom stereocenters. The molecule has 3 heteroatoms. The Labute approximate surface area is 126 Å². The SMILES string of the molecule is C=C1C2=C(NC(C3CCC3)CC2)c2cc(N)ccc2N1C. The van der Waals surface area contributed by atoms with Gasteiger partial charge in [0.2, 0.25) is 0 Å². The summed E-state index contributed by atoms with van der Waals surface area (Å²) in [5.41, 5.74) is 13.1. The standard InChI is InChI=1S/C18H23N3/c1-11-14-7-8-16(12-4-3-5-12)20-18(14)15-10-13(19)6-9-17(15)21(11)2/h6,9-10,12,16,20H,1,3-5,7-8,19H2,2H3. The predicted octanol–water partition coefficient (Wildman–Crippen LogP) is 3.50. The molecular formula is C18H23N3. The van der Waals surface area contributed by atoms with Crippen LogP contribution in [0.4, 0.5) is 11.4 Å². The third-order valence-electron chi connectivity index (χ3n) is 5.46. The maximum absolute atomic E-state index is 6.02. The summed E-state index contributed by atoms with van der Waals surface area (Å²) in [5.74, 6) is 0.858. The van der Waals surface area contributed by atoms with E-state index in [0.717, 1.165) is 23.7 Å². The van der Waals surface area contributed by atoms with Gasteiger partial charge in [0.1, 0.15) is 0 Å². The summed E-state index contributed by atoms with van der Waals surface area (Å²) in [4.78, 5) is 2.19. The smallest absolute Gasteiger partial charge is 0.0504 e. The van der Waals surface area contributed by atoms with E-state index < -0.39 is 0 Å². The van der Waals surface area contributed by atoms with Crippen molar-refractivity contribution in [3.63, 3.8) is 0 Å². The van der Waals surface area contributed by atoms with Gasteiger partial charge in [0.25, 0.3) is 0 Å². The van der Waals surface area contributed by atoms with E-state index >= 15 is 0 Å². The highest BCUT2D eigenvalue weighted by molar-refractivity contribution is 5.88. The van der Waals surface area contributed by atoms with Gasteiger partial charge in [-0.3, -0.25) is 0 Å². The van der Waals surface area contributed by atoms with Gasteiger partial charge in [0, 0.05) is 35.7 Å². The lowest BCUT2D eigenvalue weighted by Gasteiger charge is -2.43. The summed E-state index contributed by atoms with van der Waals surface area (Å²) >= 11 is 0. The minimum Gasteiger partial charge on any atom is -0.399 e. The van der Waals surface area contributed by atoms with Crippen LogP contribution in [0.2, 0.25) is 0 Å². The van der Waals surface area contributed by atoms with Crippen LogP contribution in [-0.4, -0.2) is 13.1 Å². The van der Waals surface area contributed by atoms with E-state index in [1.165, 1.54) is 48.2 Å². The molecule has 0 bridgehead atoms. The van der Waals surface area contributed by atoms with Crippen molar-refractivity contribution in [3.05, 3.63) is 41.6 Å². The highest BCUT2D eigenvalue weighted by Crippen LogP contribution is 2.44. The zero-order chi connectivity index (χ0) is 14.6. The Morgan fingerprint density at radius 3 is 2.81 bits per heavy atom. The van der Waals surface area contributed by atoms with Gasteiger partial charge in [0.05, 0.1) is 5.69 Å². The van der Waals surface area contributed by atoms with E-state index in [-0.39, 0.29) is 0 Å².